The third-order valence-electron chi connectivity index (χ3n) is 4.11. The lowest BCUT2D eigenvalue weighted by Gasteiger charge is -2.26. The van der Waals surface area contributed by atoms with Crippen molar-refractivity contribution in [2.45, 2.75) is 6.42 Å². The van der Waals surface area contributed by atoms with Gasteiger partial charge in [-0.25, -0.2) is 0 Å². The predicted molar refractivity (Wildman–Crippen MR) is 97.1 cm³/mol. The first-order chi connectivity index (χ1) is 11.7. The van der Waals surface area contributed by atoms with Gasteiger partial charge in [0.25, 0.3) is 5.91 Å². The van der Waals surface area contributed by atoms with Crippen molar-refractivity contribution in [2.24, 2.45) is 0 Å². The minimum absolute atomic E-state index is 0.0617. The lowest BCUT2D eigenvalue weighted by molar-refractivity contribution is 0.0949. The van der Waals surface area contributed by atoms with Crippen LogP contribution in [-0.2, 0) is 0 Å². The second kappa shape index (κ2) is 8.08. The molecule has 1 aliphatic heterocycles. The molecule has 0 radical (unpaired) electrons. The van der Waals surface area contributed by atoms with Crippen LogP contribution in [-0.4, -0.2) is 42.0 Å². The van der Waals surface area contributed by atoms with Gasteiger partial charge in [-0.2, -0.15) is 0 Å². The molecule has 1 N–H and O–H groups in total. The summed E-state index contributed by atoms with van der Waals surface area (Å²) in [5.74, 6) is -0.0617. The van der Waals surface area contributed by atoms with E-state index in [9.17, 15) is 4.79 Å². The molecule has 0 spiro atoms. The van der Waals surface area contributed by atoms with Gasteiger partial charge in [0.05, 0.1) is 5.69 Å². The normalized spacial score (nSPS) is 15.0. The predicted octanol–water partition coefficient (Wildman–Crippen LogP) is 3.25. The molecule has 1 aromatic heterocycles. The quantitative estimate of drug-likeness (QED) is 0.908. The molecule has 124 valence electrons. The molecule has 2 heterocycles. The van der Waals surface area contributed by atoms with E-state index in [0.717, 1.165) is 31.7 Å². The molecule has 0 fully saturated rings. The highest BCUT2D eigenvalue weighted by molar-refractivity contribution is 6.30. The first kappa shape index (κ1) is 16.7. The maximum absolute atomic E-state index is 12.0. The zero-order chi connectivity index (χ0) is 16.8. The Morgan fingerprint density at radius 3 is 2.71 bits per heavy atom. The molecule has 1 aliphatic rings. The zero-order valence-corrected chi connectivity index (χ0v) is 14.2. The Bertz CT molecular complexity index is 713. The molecule has 0 bridgehead atoms. The molecular formula is C19H20ClN3O. The van der Waals surface area contributed by atoms with Gasteiger partial charge in [0.2, 0.25) is 0 Å². The topological polar surface area (TPSA) is 45.2 Å². The maximum atomic E-state index is 12.0. The Labute approximate surface area is 147 Å². The molecule has 0 saturated carbocycles. The monoisotopic (exact) mass is 341 g/mol. The Morgan fingerprint density at radius 2 is 2.04 bits per heavy atom. The van der Waals surface area contributed by atoms with Crippen molar-refractivity contribution in [1.29, 1.82) is 0 Å². The summed E-state index contributed by atoms with van der Waals surface area (Å²) >= 11 is 5.83. The van der Waals surface area contributed by atoms with E-state index in [-0.39, 0.29) is 5.91 Å². The third kappa shape index (κ3) is 4.43. The second-order valence-electron chi connectivity index (χ2n) is 5.76. The number of pyridine rings is 1. The van der Waals surface area contributed by atoms with Crippen LogP contribution in [0.15, 0.2) is 54.7 Å². The molecule has 0 saturated heterocycles. The molecule has 24 heavy (non-hydrogen) atoms. The number of nitrogens with one attached hydrogen (secondary N) is 1. The number of amides is 1. The highest BCUT2D eigenvalue weighted by atomic mass is 35.5. The molecule has 3 rings (SSSR count). The number of hydrogen-bond acceptors (Lipinski definition) is 3. The highest BCUT2D eigenvalue weighted by Gasteiger charge is 2.13. The summed E-state index contributed by atoms with van der Waals surface area (Å²) in [6.45, 7) is 3.35. The Kier molecular flexibility index (Phi) is 5.62. The van der Waals surface area contributed by atoms with E-state index in [4.69, 9.17) is 11.6 Å². The van der Waals surface area contributed by atoms with Gasteiger partial charge < -0.3 is 5.32 Å². The van der Waals surface area contributed by atoms with Crippen LogP contribution < -0.4 is 5.32 Å². The van der Waals surface area contributed by atoms with Crippen LogP contribution >= 0.6 is 11.6 Å². The minimum Gasteiger partial charge on any atom is -0.351 e. The van der Waals surface area contributed by atoms with Gasteiger partial charge in [-0.05, 0) is 48.4 Å². The summed E-state index contributed by atoms with van der Waals surface area (Å²) in [6.07, 6.45) is 5.05. The van der Waals surface area contributed by atoms with Crippen molar-refractivity contribution >= 4 is 23.1 Å². The summed E-state index contributed by atoms with van der Waals surface area (Å²) in [5.41, 5.74) is 3.00. The van der Waals surface area contributed by atoms with E-state index >= 15 is 0 Å². The van der Waals surface area contributed by atoms with Gasteiger partial charge in [-0.15, -0.1) is 0 Å². The largest absolute Gasteiger partial charge is 0.351 e. The lowest BCUT2D eigenvalue weighted by atomic mass is 10.0. The van der Waals surface area contributed by atoms with Gasteiger partial charge in [-0.1, -0.05) is 23.7 Å². The van der Waals surface area contributed by atoms with Gasteiger partial charge >= 0.3 is 0 Å². The first-order valence-electron chi connectivity index (χ1n) is 8.09. The number of nitrogens with zero attached hydrogens (tertiary/aromatic N) is 2. The number of carbonyl (C=O) groups excluding carboxylic acids is 1. The molecule has 1 aromatic carbocycles. The van der Waals surface area contributed by atoms with E-state index in [2.05, 4.69) is 21.3 Å². The lowest BCUT2D eigenvalue weighted by Crippen LogP contribution is -2.37. The highest BCUT2D eigenvalue weighted by Crippen LogP contribution is 2.19. The molecule has 2 aromatic rings. The number of aromatic nitrogens is 1. The minimum atomic E-state index is -0.0617. The molecule has 5 heteroatoms. The van der Waals surface area contributed by atoms with E-state index in [0.29, 0.717) is 17.1 Å². The Hall–Kier alpha value is -2.17. The zero-order valence-electron chi connectivity index (χ0n) is 13.4. The fourth-order valence-electron chi connectivity index (χ4n) is 2.73. The van der Waals surface area contributed by atoms with Crippen molar-refractivity contribution in [3.8, 4) is 0 Å². The molecule has 4 nitrogen and oxygen atoms in total. The van der Waals surface area contributed by atoms with E-state index < -0.39 is 0 Å². The summed E-state index contributed by atoms with van der Waals surface area (Å²) in [6, 6.07) is 12.9. The summed E-state index contributed by atoms with van der Waals surface area (Å²) in [5, 5.41) is 3.59. The number of carbonyl (C=O) groups is 1. The number of hydrogen-bond donors (Lipinski definition) is 1. The van der Waals surface area contributed by atoms with Gasteiger partial charge in [0.1, 0.15) is 0 Å². The van der Waals surface area contributed by atoms with Crippen LogP contribution in [0.2, 0.25) is 5.02 Å². The first-order valence-corrected chi connectivity index (χ1v) is 8.47. The fourth-order valence-corrected chi connectivity index (χ4v) is 2.86. The van der Waals surface area contributed by atoms with E-state index in [1.807, 2.05) is 24.4 Å². The molecule has 0 unspecified atom stereocenters. The van der Waals surface area contributed by atoms with Crippen LogP contribution in [0.3, 0.4) is 0 Å². The van der Waals surface area contributed by atoms with E-state index in [1.165, 1.54) is 5.57 Å². The van der Waals surface area contributed by atoms with Crippen LogP contribution in [0.1, 0.15) is 22.5 Å². The van der Waals surface area contributed by atoms with Crippen molar-refractivity contribution in [3.05, 3.63) is 71.0 Å². The molecule has 0 aliphatic carbocycles. The number of halogens is 1. The molecule has 1 amide bonds. The average Bonchev–Trinajstić information content (AvgIpc) is 2.63. The average molecular weight is 342 g/mol. The summed E-state index contributed by atoms with van der Waals surface area (Å²) in [7, 11) is 0. The summed E-state index contributed by atoms with van der Waals surface area (Å²) in [4.78, 5) is 18.8. The van der Waals surface area contributed by atoms with Crippen LogP contribution in [0, 0.1) is 0 Å². The Balaban J connectivity index is 1.44. The van der Waals surface area contributed by atoms with Gasteiger partial charge in [0.15, 0.2) is 0 Å². The second-order valence-corrected chi connectivity index (χ2v) is 6.19. The van der Waals surface area contributed by atoms with Crippen molar-refractivity contribution in [1.82, 2.24) is 15.2 Å². The van der Waals surface area contributed by atoms with E-state index in [1.54, 1.807) is 24.3 Å². The SMILES string of the molecule is O=C(NCCN1CC=C(c2ccccn2)CC1)c1ccc(Cl)cc1. The smallest absolute Gasteiger partial charge is 0.251 e. The third-order valence-corrected chi connectivity index (χ3v) is 4.36. The fraction of sp³-hybridized carbons (Fsp3) is 0.263. The van der Waals surface area contributed by atoms with Crippen LogP contribution in [0.5, 0.6) is 0 Å². The number of benzene rings is 1. The summed E-state index contributed by atoms with van der Waals surface area (Å²) < 4.78 is 0. The maximum Gasteiger partial charge on any atom is 0.251 e. The van der Waals surface area contributed by atoms with Crippen molar-refractivity contribution < 1.29 is 4.79 Å². The number of rotatable bonds is 5. The van der Waals surface area contributed by atoms with Crippen LogP contribution in [0.4, 0.5) is 0 Å². The molecular weight excluding hydrogens is 322 g/mol. The van der Waals surface area contributed by atoms with Crippen LogP contribution in [0.25, 0.3) is 5.57 Å². The van der Waals surface area contributed by atoms with Crippen molar-refractivity contribution in [3.63, 3.8) is 0 Å². The van der Waals surface area contributed by atoms with Gasteiger partial charge in [-0.3, -0.25) is 14.7 Å². The standard InChI is InChI=1S/C19H20ClN3O/c20-17-6-4-16(5-7-17)19(24)22-11-14-23-12-8-15(9-13-23)18-3-1-2-10-21-18/h1-8,10H,9,11-14H2,(H,22,24). The Morgan fingerprint density at radius 1 is 1.21 bits per heavy atom. The van der Waals surface area contributed by atoms with Gasteiger partial charge in [0, 0.05) is 43.0 Å². The molecule has 0 atom stereocenters. The van der Waals surface area contributed by atoms with Crippen molar-refractivity contribution in [2.75, 3.05) is 26.2 Å².